The Kier molecular flexibility index (Phi) is 4.51. The van der Waals surface area contributed by atoms with E-state index >= 15 is 0 Å². The molecule has 0 aliphatic rings. The van der Waals surface area contributed by atoms with Crippen molar-refractivity contribution < 1.29 is 24.5 Å². The summed E-state index contributed by atoms with van der Waals surface area (Å²) in [5, 5.41) is 17.3. The Balaban J connectivity index is 2.66. The van der Waals surface area contributed by atoms with Crippen LogP contribution in [0.15, 0.2) is 24.3 Å². The number of benzene rings is 1. The molecule has 5 heteroatoms. The molecule has 0 heterocycles. The molecule has 0 aliphatic carbocycles. The van der Waals surface area contributed by atoms with Crippen LogP contribution in [0.5, 0.6) is 5.75 Å². The summed E-state index contributed by atoms with van der Waals surface area (Å²) in [7, 11) is 0. The molecule has 0 aromatic heterocycles. The van der Waals surface area contributed by atoms with Crippen molar-refractivity contribution in [1.29, 1.82) is 0 Å². The van der Waals surface area contributed by atoms with Crippen LogP contribution in [0.4, 0.5) is 0 Å². The first-order valence-corrected chi connectivity index (χ1v) is 5.18. The van der Waals surface area contributed by atoms with Gasteiger partial charge in [-0.25, -0.2) is 0 Å². The smallest absolute Gasteiger partial charge is 0.310 e. The second kappa shape index (κ2) is 5.89. The number of carbonyl (C=O) groups is 2. The van der Waals surface area contributed by atoms with Crippen molar-refractivity contribution in [2.24, 2.45) is 0 Å². The van der Waals surface area contributed by atoms with Gasteiger partial charge in [-0.2, -0.15) is 0 Å². The minimum Gasteiger partial charge on any atom is -0.493 e. The lowest BCUT2D eigenvalue weighted by Gasteiger charge is -2.09. The molecule has 0 radical (unpaired) electrons. The van der Waals surface area contributed by atoms with Gasteiger partial charge in [-0.05, 0) is 24.6 Å². The Morgan fingerprint density at radius 3 is 2.65 bits per heavy atom. The number of hydrogen-bond donors (Lipinski definition) is 2. The van der Waals surface area contributed by atoms with Gasteiger partial charge in [0.25, 0.3) is 0 Å². The topological polar surface area (TPSA) is 83.8 Å². The van der Waals surface area contributed by atoms with Crippen molar-refractivity contribution in [3.63, 3.8) is 0 Å². The van der Waals surface area contributed by atoms with Crippen LogP contribution in [0.2, 0.25) is 0 Å². The molecule has 1 unspecified atom stereocenters. The molecule has 0 fully saturated rings. The first-order valence-electron chi connectivity index (χ1n) is 5.18. The van der Waals surface area contributed by atoms with Gasteiger partial charge < -0.3 is 14.9 Å². The summed E-state index contributed by atoms with van der Waals surface area (Å²) < 4.78 is 5.21. The normalized spacial score (nSPS) is 11.8. The average molecular weight is 238 g/mol. The molecule has 0 saturated carbocycles. The molecule has 0 saturated heterocycles. The van der Waals surface area contributed by atoms with E-state index in [1.807, 2.05) is 0 Å². The van der Waals surface area contributed by atoms with Crippen molar-refractivity contribution in [3.05, 3.63) is 29.8 Å². The molecule has 0 aliphatic heterocycles. The van der Waals surface area contributed by atoms with Gasteiger partial charge in [0.2, 0.25) is 0 Å². The predicted octanol–water partition coefficient (Wildman–Crippen LogP) is 1.73. The van der Waals surface area contributed by atoms with Crippen LogP contribution in [0, 0.1) is 0 Å². The van der Waals surface area contributed by atoms with E-state index in [-0.39, 0.29) is 13.0 Å². The van der Waals surface area contributed by atoms with Crippen LogP contribution >= 0.6 is 0 Å². The fourth-order valence-corrected chi connectivity index (χ4v) is 1.27. The maximum absolute atomic E-state index is 10.8. The standard InChI is InChI=1S/C12H14O5/c1-8(12(15)16)9-3-2-4-10(7-9)17-6-5-11(13)14/h2-4,7-8H,5-6H2,1H3,(H,13,14)(H,15,16). The fraction of sp³-hybridized carbons (Fsp3) is 0.333. The van der Waals surface area contributed by atoms with Gasteiger partial charge in [0.05, 0.1) is 18.9 Å². The molecule has 1 rings (SSSR count). The van der Waals surface area contributed by atoms with E-state index < -0.39 is 17.9 Å². The Hall–Kier alpha value is -2.04. The summed E-state index contributed by atoms with van der Waals surface area (Å²) in [6, 6.07) is 6.66. The molecule has 1 aromatic carbocycles. The second-order valence-electron chi connectivity index (χ2n) is 3.62. The number of carboxylic acid groups (broad SMARTS) is 2. The lowest BCUT2D eigenvalue weighted by molar-refractivity contribution is -0.139. The van der Waals surface area contributed by atoms with Gasteiger partial charge in [-0.1, -0.05) is 12.1 Å². The van der Waals surface area contributed by atoms with Gasteiger partial charge in [0.1, 0.15) is 5.75 Å². The van der Waals surface area contributed by atoms with Crippen LogP contribution in [-0.2, 0) is 9.59 Å². The number of hydrogen-bond acceptors (Lipinski definition) is 3. The van der Waals surface area contributed by atoms with E-state index in [0.29, 0.717) is 11.3 Å². The molecule has 0 bridgehead atoms. The van der Waals surface area contributed by atoms with E-state index in [0.717, 1.165) is 0 Å². The summed E-state index contributed by atoms with van der Waals surface area (Å²) in [6.07, 6.45) is -0.0846. The van der Waals surface area contributed by atoms with E-state index in [1.54, 1.807) is 31.2 Å². The van der Waals surface area contributed by atoms with Crippen LogP contribution in [0.3, 0.4) is 0 Å². The summed E-state index contributed by atoms with van der Waals surface area (Å²) in [4.78, 5) is 21.1. The van der Waals surface area contributed by atoms with Gasteiger partial charge in [0, 0.05) is 0 Å². The summed E-state index contributed by atoms with van der Waals surface area (Å²) >= 11 is 0. The second-order valence-corrected chi connectivity index (χ2v) is 3.62. The van der Waals surface area contributed by atoms with E-state index in [2.05, 4.69) is 0 Å². The third kappa shape index (κ3) is 4.14. The Labute approximate surface area is 98.6 Å². The summed E-state index contributed by atoms with van der Waals surface area (Å²) in [5.74, 6) is -1.97. The van der Waals surface area contributed by atoms with E-state index in [9.17, 15) is 9.59 Å². The first kappa shape index (κ1) is 13.0. The third-order valence-electron chi connectivity index (χ3n) is 2.31. The number of carboxylic acids is 2. The minimum absolute atomic E-state index is 0.0697. The molecule has 1 atom stereocenters. The Morgan fingerprint density at radius 2 is 2.06 bits per heavy atom. The quantitative estimate of drug-likeness (QED) is 0.788. The highest BCUT2D eigenvalue weighted by molar-refractivity contribution is 5.75. The average Bonchev–Trinajstić information content (AvgIpc) is 2.28. The maximum atomic E-state index is 10.8. The van der Waals surface area contributed by atoms with Crippen molar-refractivity contribution in [2.75, 3.05) is 6.61 Å². The summed E-state index contributed by atoms with van der Waals surface area (Å²) in [6.45, 7) is 1.65. The molecular formula is C12H14O5. The van der Waals surface area contributed by atoms with Crippen molar-refractivity contribution >= 4 is 11.9 Å². The van der Waals surface area contributed by atoms with Crippen molar-refractivity contribution in [1.82, 2.24) is 0 Å². The lowest BCUT2D eigenvalue weighted by Crippen LogP contribution is -2.08. The highest BCUT2D eigenvalue weighted by atomic mass is 16.5. The van der Waals surface area contributed by atoms with Crippen LogP contribution in [0.1, 0.15) is 24.8 Å². The zero-order chi connectivity index (χ0) is 12.8. The molecule has 0 amide bonds. The Morgan fingerprint density at radius 1 is 1.35 bits per heavy atom. The SMILES string of the molecule is CC(C(=O)O)c1cccc(OCCC(=O)O)c1. The first-order chi connectivity index (χ1) is 8.00. The fourth-order valence-electron chi connectivity index (χ4n) is 1.27. The molecule has 1 aromatic rings. The highest BCUT2D eigenvalue weighted by Crippen LogP contribution is 2.20. The van der Waals surface area contributed by atoms with Crippen molar-refractivity contribution in [2.45, 2.75) is 19.3 Å². The predicted molar refractivity (Wildman–Crippen MR) is 60.2 cm³/mol. The zero-order valence-corrected chi connectivity index (χ0v) is 9.42. The number of aliphatic carboxylic acids is 2. The minimum atomic E-state index is -0.931. The molecule has 2 N–H and O–H groups in total. The molecule has 0 spiro atoms. The molecule has 5 nitrogen and oxygen atoms in total. The van der Waals surface area contributed by atoms with Gasteiger partial charge in [-0.3, -0.25) is 9.59 Å². The molecule has 92 valence electrons. The van der Waals surface area contributed by atoms with E-state index in [4.69, 9.17) is 14.9 Å². The third-order valence-corrected chi connectivity index (χ3v) is 2.31. The van der Waals surface area contributed by atoms with E-state index in [1.165, 1.54) is 0 Å². The number of ether oxygens (including phenoxy) is 1. The van der Waals surface area contributed by atoms with Crippen LogP contribution < -0.4 is 4.74 Å². The van der Waals surface area contributed by atoms with Gasteiger partial charge in [-0.15, -0.1) is 0 Å². The largest absolute Gasteiger partial charge is 0.493 e. The highest BCUT2D eigenvalue weighted by Gasteiger charge is 2.13. The Bertz CT molecular complexity index is 413. The maximum Gasteiger partial charge on any atom is 0.310 e. The summed E-state index contributed by atoms with van der Waals surface area (Å²) in [5.41, 5.74) is 0.630. The molecular weight excluding hydrogens is 224 g/mol. The van der Waals surface area contributed by atoms with Crippen molar-refractivity contribution in [3.8, 4) is 5.75 Å². The van der Waals surface area contributed by atoms with Gasteiger partial charge >= 0.3 is 11.9 Å². The monoisotopic (exact) mass is 238 g/mol. The molecule has 17 heavy (non-hydrogen) atoms. The van der Waals surface area contributed by atoms with Crippen LogP contribution in [-0.4, -0.2) is 28.8 Å². The van der Waals surface area contributed by atoms with Crippen LogP contribution in [0.25, 0.3) is 0 Å². The lowest BCUT2D eigenvalue weighted by atomic mass is 10.0. The number of rotatable bonds is 6. The van der Waals surface area contributed by atoms with Gasteiger partial charge in [0.15, 0.2) is 0 Å². The zero-order valence-electron chi connectivity index (χ0n) is 9.42.